The van der Waals surface area contributed by atoms with Crippen molar-refractivity contribution in [2.45, 2.75) is 0 Å². The third-order valence-corrected chi connectivity index (χ3v) is 2.34. The first kappa shape index (κ1) is 17.6. The molecule has 0 saturated heterocycles. The van der Waals surface area contributed by atoms with Gasteiger partial charge in [0.15, 0.2) is 0 Å². The van der Waals surface area contributed by atoms with E-state index in [1.165, 1.54) is 0 Å². The number of hydrogen-bond donors (Lipinski definition) is 2. The predicted molar refractivity (Wildman–Crippen MR) is 67.8 cm³/mol. The van der Waals surface area contributed by atoms with Gasteiger partial charge in [0.05, 0.1) is 33.3 Å². The lowest BCUT2D eigenvalue weighted by Gasteiger charge is -2.21. The Morgan fingerprint density at radius 2 is 1.95 bits per heavy atom. The van der Waals surface area contributed by atoms with Crippen molar-refractivity contribution in [3.05, 3.63) is 28.5 Å². The normalized spacial score (nSPS) is 10.6. The SMILES string of the molecule is C[N+](C)(C)CCO.O=C(O)c1c(F)ccc(Cl)c1[O-]. The van der Waals surface area contributed by atoms with Crippen LogP contribution in [0.3, 0.4) is 0 Å². The molecule has 7 heteroatoms. The van der Waals surface area contributed by atoms with Crippen LogP contribution < -0.4 is 5.11 Å². The lowest BCUT2D eigenvalue weighted by Crippen LogP contribution is -2.36. The quantitative estimate of drug-likeness (QED) is 0.813. The van der Waals surface area contributed by atoms with E-state index in [1.807, 2.05) is 0 Å². The topological polar surface area (TPSA) is 80.6 Å². The molecule has 0 aliphatic rings. The number of hydrogen-bond acceptors (Lipinski definition) is 3. The van der Waals surface area contributed by atoms with E-state index in [2.05, 4.69) is 21.1 Å². The molecular weight excluding hydrogens is 277 g/mol. The number of aliphatic hydroxyl groups is 1. The summed E-state index contributed by atoms with van der Waals surface area (Å²) in [5, 5.41) is 27.3. The second-order valence-corrected chi connectivity index (χ2v) is 5.18. The van der Waals surface area contributed by atoms with E-state index in [9.17, 15) is 14.3 Å². The molecule has 1 rings (SSSR count). The number of nitrogens with zero attached hydrogens (tertiary/aromatic N) is 1. The lowest BCUT2D eigenvalue weighted by molar-refractivity contribution is -0.870. The molecule has 0 saturated carbocycles. The van der Waals surface area contributed by atoms with E-state index in [0.29, 0.717) is 0 Å². The van der Waals surface area contributed by atoms with Gasteiger partial charge in [-0.05, 0) is 12.1 Å². The van der Waals surface area contributed by atoms with Crippen molar-refractivity contribution >= 4 is 17.6 Å². The van der Waals surface area contributed by atoms with Crippen molar-refractivity contribution in [2.75, 3.05) is 34.3 Å². The van der Waals surface area contributed by atoms with Crippen LogP contribution in [0.2, 0.25) is 5.02 Å². The number of halogens is 2. The Labute approximate surface area is 116 Å². The Bertz CT molecular complexity index is 446. The number of likely N-dealkylation sites (N-methyl/N-ethyl adjacent to an activating group) is 1. The fourth-order valence-electron chi connectivity index (χ4n) is 1.03. The van der Waals surface area contributed by atoms with E-state index in [-0.39, 0.29) is 11.6 Å². The molecule has 0 radical (unpaired) electrons. The number of carbonyl (C=O) groups is 1. The van der Waals surface area contributed by atoms with Gasteiger partial charge in [0.1, 0.15) is 12.4 Å². The highest BCUT2D eigenvalue weighted by atomic mass is 35.5. The molecule has 0 unspecified atom stereocenters. The van der Waals surface area contributed by atoms with Crippen LogP contribution in [0.1, 0.15) is 10.4 Å². The van der Waals surface area contributed by atoms with Crippen LogP contribution in [0.5, 0.6) is 5.75 Å². The summed E-state index contributed by atoms with van der Waals surface area (Å²) in [6.07, 6.45) is 0. The number of carboxylic acid groups (broad SMARTS) is 1. The third-order valence-electron chi connectivity index (χ3n) is 2.04. The smallest absolute Gasteiger partial charge is 0.338 e. The largest absolute Gasteiger partial charge is 0.871 e. The zero-order chi connectivity index (χ0) is 15.2. The molecule has 0 amide bonds. The summed E-state index contributed by atoms with van der Waals surface area (Å²) in [5.41, 5.74) is -0.914. The first-order valence-corrected chi connectivity index (χ1v) is 5.77. The molecule has 0 atom stereocenters. The van der Waals surface area contributed by atoms with Crippen molar-refractivity contribution < 1.29 is 29.0 Å². The first-order chi connectivity index (χ1) is 8.60. The van der Waals surface area contributed by atoms with Crippen LogP contribution in [0.25, 0.3) is 0 Å². The highest BCUT2D eigenvalue weighted by Crippen LogP contribution is 2.26. The van der Waals surface area contributed by atoms with Gasteiger partial charge in [-0.25, -0.2) is 9.18 Å². The van der Waals surface area contributed by atoms with Gasteiger partial charge in [-0.2, -0.15) is 0 Å². The maximum atomic E-state index is 12.6. The molecule has 0 aliphatic heterocycles. The maximum absolute atomic E-state index is 12.6. The number of rotatable bonds is 3. The van der Waals surface area contributed by atoms with Crippen molar-refractivity contribution in [3.8, 4) is 5.75 Å². The van der Waals surface area contributed by atoms with Crippen LogP contribution in [-0.4, -0.2) is 55.0 Å². The van der Waals surface area contributed by atoms with E-state index >= 15 is 0 Å². The summed E-state index contributed by atoms with van der Waals surface area (Å²) < 4.78 is 13.5. The van der Waals surface area contributed by atoms with E-state index in [1.54, 1.807) is 0 Å². The van der Waals surface area contributed by atoms with Gasteiger partial charge in [0.25, 0.3) is 0 Å². The molecule has 0 heterocycles. The van der Waals surface area contributed by atoms with Crippen LogP contribution in [0.4, 0.5) is 4.39 Å². The van der Waals surface area contributed by atoms with Gasteiger partial charge in [0.2, 0.25) is 0 Å². The average Bonchev–Trinajstić information content (AvgIpc) is 2.23. The minimum absolute atomic E-state index is 0.281. The maximum Gasteiger partial charge on any atom is 0.338 e. The van der Waals surface area contributed by atoms with E-state index < -0.39 is 23.1 Å². The van der Waals surface area contributed by atoms with Gasteiger partial charge in [-0.1, -0.05) is 17.4 Å². The predicted octanol–water partition coefficient (Wildman–Crippen LogP) is 0.936. The van der Waals surface area contributed by atoms with E-state index in [0.717, 1.165) is 23.2 Å². The van der Waals surface area contributed by atoms with Crippen molar-refractivity contribution in [3.63, 3.8) is 0 Å². The highest BCUT2D eigenvalue weighted by Gasteiger charge is 2.12. The Morgan fingerprint density at radius 3 is 2.21 bits per heavy atom. The van der Waals surface area contributed by atoms with Crippen molar-refractivity contribution in [1.29, 1.82) is 0 Å². The summed E-state index contributed by atoms with van der Waals surface area (Å²) in [6, 6.07) is 1.86. The molecule has 108 valence electrons. The van der Waals surface area contributed by atoms with Gasteiger partial charge < -0.3 is 19.8 Å². The Hall–Kier alpha value is -1.37. The molecule has 0 aliphatic carbocycles. The lowest BCUT2D eigenvalue weighted by atomic mass is 10.2. The fraction of sp³-hybridized carbons (Fsp3) is 0.417. The first-order valence-electron chi connectivity index (χ1n) is 5.39. The molecule has 2 N–H and O–H groups in total. The molecule has 5 nitrogen and oxygen atoms in total. The van der Waals surface area contributed by atoms with Crippen molar-refractivity contribution in [1.82, 2.24) is 0 Å². The second-order valence-electron chi connectivity index (χ2n) is 4.78. The molecule has 1 aromatic rings. The zero-order valence-electron chi connectivity index (χ0n) is 11.0. The summed E-state index contributed by atoms with van der Waals surface area (Å²) in [6.45, 7) is 1.11. The summed E-state index contributed by atoms with van der Waals surface area (Å²) in [5.74, 6) is -3.68. The molecule has 19 heavy (non-hydrogen) atoms. The second kappa shape index (κ2) is 7.28. The molecule has 1 aromatic carbocycles. The third kappa shape index (κ3) is 6.37. The van der Waals surface area contributed by atoms with Gasteiger partial charge >= 0.3 is 5.97 Å². The van der Waals surface area contributed by atoms with Crippen LogP contribution in [0, 0.1) is 5.82 Å². The Morgan fingerprint density at radius 1 is 1.42 bits per heavy atom. The number of carboxylic acids is 1. The number of quaternary nitrogens is 1. The molecular formula is C12H17ClFNO4. The summed E-state index contributed by atoms with van der Waals surface area (Å²) in [4.78, 5) is 10.3. The molecule has 0 aromatic heterocycles. The molecule has 0 spiro atoms. The van der Waals surface area contributed by atoms with Gasteiger partial charge in [-0.15, -0.1) is 0 Å². The minimum Gasteiger partial charge on any atom is -0.871 e. The van der Waals surface area contributed by atoms with Gasteiger partial charge in [-0.3, -0.25) is 0 Å². The Balaban J connectivity index is 0.000000399. The van der Waals surface area contributed by atoms with Crippen molar-refractivity contribution in [2.24, 2.45) is 0 Å². The number of aromatic carboxylic acids is 1. The number of benzene rings is 1. The Kier molecular flexibility index (Phi) is 6.75. The minimum atomic E-state index is -1.61. The summed E-state index contributed by atoms with van der Waals surface area (Å²) in [7, 11) is 6.16. The fourth-order valence-corrected chi connectivity index (χ4v) is 1.19. The summed E-state index contributed by atoms with van der Waals surface area (Å²) >= 11 is 5.29. The zero-order valence-corrected chi connectivity index (χ0v) is 11.7. The number of aliphatic hydroxyl groups excluding tert-OH is 1. The van der Waals surface area contributed by atoms with Crippen LogP contribution in [0.15, 0.2) is 12.1 Å². The van der Waals surface area contributed by atoms with Crippen LogP contribution in [-0.2, 0) is 0 Å². The highest BCUT2D eigenvalue weighted by molar-refractivity contribution is 6.32. The standard InChI is InChI=1S/C7H4ClFO3.C5H14NO/c8-3-1-2-4(9)5(6(3)10)7(11)12;1-6(2,3)4-5-7/h1-2,10H,(H,11,12);7H,4-5H2,1-3H3/q;+1/p-1. The molecule has 0 fully saturated rings. The molecule has 0 bridgehead atoms. The monoisotopic (exact) mass is 293 g/mol. The van der Waals surface area contributed by atoms with Gasteiger partial charge in [0, 0.05) is 5.02 Å². The van der Waals surface area contributed by atoms with Crippen LogP contribution >= 0.6 is 11.6 Å². The average molecular weight is 294 g/mol. The van der Waals surface area contributed by atoms with E-state index in [4.69, 9.17) is 21.8 Å².